The molecule has 6 nitrogen and oxygen atoms in total. The van der Waals surface area contributed by atoms with Crippen molar-refractivity contribution >= 4 is 0 Å². The molecule has 3 aromatic heterocycles. The monoisotopic (exact) mass is 281 g/mol. The topological polar surface area (TPSA) is 65.7 Å². The van der Waals surface area contributed by atoms with Crippen molar-refractivity contribution in [2.45, 2.75) is 13.8 Å². The Morgan fingerprint density at radius 3 is 2.71 bits per heavy atom. The summed E-state index contributed by atoms with van der Waals surface area (Å²) in [6.07, 6.45) is 3.42. The van der Waals surface area contributed by atoms with Gasteiger partial charge in [0.05, 0.1) is 18.9 Å². The lowest BCUT2D eigenvalue weighted by molar-refractivity contribution is 0.414. The van der Waals surface area contributed by atoms with Gasteiger partial charge in [0.25, 0.3) is 0 Å². The summed E-state index contributed by atoms with van der Waals surface area (Å²) in [6.45, 7) is 3.78. The molecule has 3 rings (SSSR count). The van der Waals surface area contributed by atoms with Crippen LogP contribution in [0.25, 0.3) is 17.2 Å². The number of aromatic nitrogens is 5. The van der Waals surface area contributed by atoms with Gasteiger partial charge in [0, 0.05) is 11.9 Å². The van der Waals surface area contributed by atoms with Crippen LogP contribution in [0.15, 0.2) is 36.7 Å². The van der Waals surface area contributed by atoms with Crippen LogP contribution in [0.2, 0.25) is 0 Å². The van der Waals surface area contributed by atoms with Crippen LogP contribution in [0.5, 0.6) is 5.75 Å². The summed E-state index contributed by atoms with van der Waals surface area (Å²) < 4.78 is 7.11. The van der Waals surface area contributed by atoms with E-state index in [0.29, 0.717) is 23.2 Å². The standard InChI is InChI=1S/C15H15N5O/c1-10-8-12(13(21-3)9-17-10)15-18-11(2)19-20(15)14-6-4-5-7-16-14/h4-9H,1-3H3. The molecule has 0 amide bonds. The zero-order valence-electron chi connectivity index (χ0n) is 12.1. The van der Waals surface area contributed by atoms with Crippen molar-refractivity contribution in [3.05, 3.63) is 48.2 Å². The molecule has 0 aliphatic heterocycles. The number of hydrogen-bond acceptors (Lipinski definition) is 5. The number of rotatable bonds is 3. The second kappa shape index (κ2) is 5.32. The maximum absolute atomic E-state index is 5.39. The smallest absolute Gasteiger partial charge is 0.169 e. The van der Waals surface area contributed by atoms with Crippen LogP contribution < -0.4 is 4.74 Å². The number of methoxy groups -OCH3 is 1. The summed E-state index contributed by atoms with van der Waals surface area (Å²) in [7, 11) is 1.62. The van der Waals surface area contributed by atoms with Gasteiger partial charge in [-0.2, -0.15) is 4.68 Å². The van der Waals surface area contributed by atoms with E-state index < -0.39 is 0 Å². The first-order valence-electron chi connectivity index (χ1n) is 6.55. The first-order chi connectivity index (χ1) is 10.2. The number of nitrogens with zero attached hydrogens (tertiary/aromatic N) is 5. The van der Waals surface area contributed by atoms with Gasteiger partial charge in [0.1, 0.15) is 11.6 Å². The maximum Gasteiger partial charge on any atom is 0.169 e. The quantitative estimate of drug-likeness (QED) is 0.737. The van der Waals surface area contributed by atoms with E-state index in [1.165, 1.54) is 0 Å². The van der Waals surface area contributed by atoms with Gasteiger partial charge in [-0.1, -0.05) is 6.07 Å². The van der Waals surface area contributed by atoms with Crippen molar-refractivity contribution in [3.63, 3.8) is 0 Å². The van der Waals surface area contributed by atoms with Crippen molar-refractivity contribution in [2.75, 3.05) is 7.11 Å². The van der Waals surface area contributed by atoms with Gasteiger partial charge in [0.15, 0.2) is 11.6 Å². The fraction of sp³-hybridized carbons (Fsp3) is 0.200. The van der Waals surface area contributed by atoms with Gasteiger partial charge in [-0.15, -0.1) is 5.10 Å². The van der Waals surface area contributed by atoms with Crippen molar-refractivity contribution in [3.8, 4) is 23.0 Å². The van der Waals surface area contributed by atoms with Crippen molar-refractivity contribution < 1.29 is 4.74 Å². The predicted octanol–water partition coefficient (Wildman–Crippen LogP) is 2.35. The molecule has 0 spiro atoms. The van der Waals surface area contributed by atoms with Gasteiger partial charge in [-0.25, -0.2) is 9.97 Å². The first kappa shape index (κ1) is 13.2. The minimum atomic E-state index is 0.658. The molecule has 3 heterocycles. The van der Waals surface area contributed by atoms with Crippen LogP contribution in [-0.4, -0.2) is 31.8 Å². The fourth-order valence-electron chi connectivity index (χ4n) is 2.11. The Labute approximate surface area is 122 Å². The lowest BCUT2D eigenvalue weighted by atomic mass is 10.2. The molecule has 21 heavy (non-hydrogen) atoms. The molecule has 0 fully saturated rings. The van der Waals surface area contributed by atoms with E-state index >= 15 is 0 Å². The molecule has 0 N–H and O–H groups in total. The lowest BCUT2D eigenvalue weighted by Crippen LogP contribution is -2.03. The molecule has 0 saturated heterocycles. The van der Waals surface area contributed by atoms with Crippen molar-refractivity contribution in [2.24, 2.45) is 0 Å². The molecular weight excluding hydrogens is 266 g/mol. The van der Waals surface area contributed by atoms with Gasteiger partial charge >= 0.3 is 0 Å². The van der Waals surface area contributed by atoms with E-state index in [0.717, 1.165) is 11.3 Å². The molecule has 106 valence electrons. The molecule has 0 aliphatic rings. The van der Waals surface area contributed by atoms with Crippen LogP contribution in [0, 0.1) is 13.8 Å². The molecule has 0 bridgehead atoms. The van der Waals surface area contributed by atoms with Crippen LogP contribution in [0.1, 0.15) is 11.5 Å². The Morgan fingerprint density at radius 2 is 2.00 bits per heavy atom. The predicted molar refractivity (Wildman–Crippen MR) is 78.4 cm³/mol. The molecular formula is C15H15N5O. The summed E-state index contributed by atoms with van der Waals surface area (Å²) in [5.74, 6) is 2.73. The van der Waals surface area contributed by atoms with Crippen LogP contribution in [0.4, 0.5) is 0 Å². The van der Waals surface area contributed by atoms with E-state index in [2.05, 4.69) is 20.1 Å². The normalized spacial score (nSPS) is 10.6. The SMILES string of the molecule is COc1cnc(C)cc1-c1nc(C)nn1-c1ccccn1. The van der Waals surface area contributed by atoms with Gasteiger partial charge in [0.2, 0.25) is 0 Å². The molecule has 0 aliphatic carbocycles. The average Bonchev–Trinajstić information content (AvgIpc) is 2.90. The van der Waals surface area contributed by atoms with Crippen molar-refractivity contribution in [1.29, 1.82) is 0 Å². The third kappa shape index (κ3) is 2.47. The summed E-state index contributed by atoms with van der Waals surface area (Å²) in [5.41, 5.74) is 1.73. The highest BCUT2D eigenvalue weighted by molar-refractivity contribution is 5.65. The highest BCUT2D eigenvalue weighted by Gasteiger charge is 2.17. The largest absolute Gasteiger partial charge is 0.494 e. The Balaban J connectivity index is 2.22. The Morgan fingerprint density at radius 1 is 1.14 bits per heavy atom. The zero-order valence-corrected chi connectivity index (χ0v) is 12.1. The first-order valence-corrected chi connectivity index (χ1v) is 6.55. The third-order valence-electron chi connectivity index (χ3n) is 3.04. The summed E-state index contributed by atoms with van der Waals surface area (Å²) >= 11 is 0. The van der Waals surface area contributed by atoms with Crippen LogP contribution >= 0.6 is 0 Å². The highest BCUT2D eigenvalue weighted by atomic mass is 16.5. The minimum absolute atomic E-state index is 0.658. The van der Waals surface area contributed by atoms with E-state index in [-0.39, 0.29) is 0 Å². The Bertz CT molecular complexity index is 767. The summed E-state index contributed by atoms with van der Waals surface area (Å²) in [5, 5.41) is 4.43. The molecule has 6 heteroatoms. The Hall–Kier alpha value is -2.76. The van der Waals surface area contributed by atoms with Crippen molar-refractivity contribution in [1.82, 2.24) is 24.7 Å². The number of ether oxygens (including phenoxy) is 1. The van der Waals surface area contributed by atoms with Crippen LogP contribution in [0.3, 0.4) is 0 Å². The second-order valence-corrected chi connectivity index (χ2v) is 4.61. The van der Waals surface area contributed by atoms with E-state index in [1.54, 1.807) is 24.2 Å². The summed E-state index contributed by atoms with van der Waals surface area (Å²) in [6, 6.07) is 7.60. The number of pyridine rings is 2. The van der Waals surface area contributed by atoms with E-state index in [4.69, 9.17) is 4.74 Å². The minimum Gasteiger partial charge on any atom is -0.494 e. The highest BCUT2D eigenvalue weighted by Crippen LogP contribution is 2.29. The van der Waals surface area contributed by atoms with Crippen LogP contribution in [-0.2, 0) is 0 Å². The molecule has 3 aromatic rings. The molecule has 0 radical (unpaired) electrons. The molecule has 0 atom stereocenters. The maximum atomic E-state index is 5.39. The Kier molecular flexibility index (Phi) is 3.35. The fourth-order valence-corrected chi connectivity index (χ4v) is 2.11. The van der Waals surface area contributed by atoms with Gasteiger partial charge in [-0.3, -0.25) is 4.98 Å². The third-order valence-corrected chi connectivity index (χ3v) is 3.04. The molecule has 0 saturated carbocycles. The summed E-state index contributed by atoms with van der Waals surface area (Å²) in [4.78, 5) is 13.1. The average molecular weight is 281 g/mol. The molecule has 0 unspecified atom stereocenters. The van der Waals surface area contributed by atoms with Gasteiger partial charge < -0.3 is 4.74 Å². The zero-order chi connectivity index (χ0) is 14.8. The van der Waals surface area contributed by atoms with Gasteiger partial charge in [-0.05, 0) is 32.0 Å². The van der Waals surface area contributed by atoms with E-state index in [9.17, 15) is 0 Å². The lowest BCUT2D eigenvalue weighted by Gasteiger charge is -2.09. The number of aryl methyl sites for hydroxylation is 2. The number of hydrogen-bond donors (Lipinski definition) is 0. The second-order valence-electron chi connectivity index (χ2n) is 4.61. The van der Waals surface area contributed by atoms with E-state index in [1.807, 2.05) is 38.1 Å². The molecule has 0 aromatic carbocycles.